The Morgan fingerprint density at radius 1 is 1.43 bits per heavy atom. The van der Waals surface area contributed by atoms with Crippen LogP contribution in [0.3, 0.4) is 0 Å². The van der Waals surface area contributed by atoms with Crippen molar-refractivity contribution in [1.29, 1.82) is 0 Å². The fourth-order valence-corrected chi connectivity index (χ4v) is 4.43. The Labute approximate surface area is 130 Å². The van der Waals surface area contributed by atoms with Crippen LogP contribution < -0.4 is 4.72 Å². The SMILES string of the molecule is CC1CCC(NS(=O)(=O)c2cc([N+](=O)[O-])cc(Br)c2F)C1. The highest BCUT2D eigenvalue weighted by Crippen LogP contribution is 2.30. The maximum atomic E-state index is 14.0. The van der Waals surface area contributed by atoms with E-state index in [-0.39, 0.29) is 10.5 Å². The first-order valence-corrected chi connectivity index (χ1v) is 8.64. The van der Waals surface area contributed by atoms with Crippen LogP contribution in [0.1, 0.15) is 26.2 Å². The van der Waals surface area contributed by atoms with Crippen molar-refractivity contribution in [3.8, 4) is 0 Å². The summed E-state index contributed by atoms with van der Waals surface area (Å²) in [4.78, 5) is 9.31. The Balaban J connectivity index is 2.37. The quantitative estimate of drug-likeness (QED) is 0.642. The van der Waals surface area contributed by atoms with Gasteiger partial charge in [0.05, 0.1) is 9.40 Å². The first-order chi connectivity index (χ1) is 9.70. The molecule has 2 atom stereocenters. The summed E-state index contributed by atoms with van der Waals surface area (Å²) >= 11 is 2.81. The first kappa shape index (κ1) is 16.3. The average Bonchev–Trinajstić information content (AvgIpc) is 2.76. The Kier molecular flexibility index (Phi) is 4.64. The van der Waals surface area contributed by atoms with Crippen LogP contribution in [0.15, 0.2) is 21.5 Å². The molecule has 2 unspecified atom stereocenters. The highest BCUT2D eigenvalue weighted by molar-refractivity contribution is 9.10. The van der Waals surface area contributed by atoms with Gasteiger partial charge in [0, 0.05) is 18.2 Å². The van der Waals surface area contributed by atoms with Crippen LogP contribution >= 0.6 is 15.9 Å². The molecular weight excluding hydrogens is 367 g/mol. The zero-order chi connectivity index (χ0) is 15.8. The molecule has 9 heteroatoms. The zero-order valence-corrected chi connectivity index (χ0v) is 13.6. The monoisotopic (exact) mass is 380 g/mol. The summed E-state index contributed by atoms with van der Waals surface area (Å²) in [5, 5.41) is 10.8. The number of nitro benzene ring substituents is 1. The zero-order valence-electron chi connectivity index (χ0n) is 11.2. The molecule has 1 aromatic carbocycles. The third-order valence-electron chi connectivity index (χ3n) is 3.50. The Morgan fingerprint density at radius 3 is 2.62 bits per heavy atom. The molecule has 1 fully saturated rings. The van der Waals surface area contributed by atoms with Crippen molar-refractivity contribution >= 4 is 31.6 Å². The van der Waals surface area contributed by atoms with Crippen molar-refractivity contribution in [3.05, 3.63) is 32.5 Å². The molecule has 116 valence electrons. The Morgan fingerprint density at radius 2 is 2.10 bits per heavy atom. The van der Waals surface area contributed by atoms with Crippen molar-refractivity contribution < 1.29 is 17.7 Å². The number of rotatable bonds is 4. The second kappa shape index (κ2) is 5.98. The molecule has 6 nitrogen and oxygen atoms in total. The molecule has 0 heterocycles. The summed E-state index contributed by atoms with van der Waals surface area (Å²) in [5.74, 6) is -0.626. The molecule has 0 radical (unpaired) electrons. The Hall–Kier alpha value is -1.06. The van der Waals surface area contributed by atoms with E-state index in [0.29, 0.717) is 18.8 Å². The summed E-state index contributed by atoms with van der Waals surface area (Å²) in [6, 6.07) is 1.41. The fourth-order valence-electron chi connectivity index (χ4n) is 2.45. The topological polar surface area (TPSA) is 89.3 Å². The van der Waals surface area contributed by atoms with E-state index in [4.69, 9.17) is 0 Å². The molecule has 1 aliphatic rings. The van der Waals surface area contributed by atoms with Gasteiger partial charge >= 0.3 is 0 Å². The largest absolute Gasteiger partial charge is 0.272 e. The maximum Gasteiger partial charge on any atom is 0.272 e. The lowest BCUT2D eigenvalue weighted by Crippen LogP contribution is -2.33. The number of hydrogen-bond donors (Lipinski definition) is 1. The van der Waals surface area contributed by atoms with Gasteiger partial charge in [-0.25, -0.2) is 17.5 Å². The lowest BCUT2D eigenvalue weighted by atomic mass is 10.1. The number of nitrogens with zero attached hydrogens (tertiary/aromatic N) is 1. The molecule has 1 saturated carbocycles. The number of non-ortho nitro benzene ring substituents is 1. The van der Waals surface area contributed by atoms with Gasteiger partial charge in [0.1, 0.15) is 4.90 Å². The minimum Gasteiger partial charge on any atom is -0.258 e. The summed E-state index contributed by atoms with van der Waals surface area (Å²) < 4.78 is 40.7. The molecule has 0 spiro atoms. The second-order valence-electron chi connectivity index (χ2n) is 5.23. The van der Waals surface area contributed by atoms with E-state index in [1.54, 1.807) is 0 Å². The van der Waals surface area contributed by atoms with E-state index < -0.39 is 31.3 Å². The van der Waals surface area contributed by atoms with E-state index in [1.807, 2.05) is 6.92 Å². The lowest BCUT2D eigenvalue weighted by molar-refractivity contribution is -0.385. The van der Waals surface area contributed by atoms with Crippen molar-refractivity contribution in [2.24, 2.45) is 5.92 Å². The highest BCUT2D eigenvalue weighted by atomic mass is 79.9. The molecule has 0 saturated heterocycles. The van der Waals surface area contributed by atoms with Gasteiger partial charge in [-0.05, 0) is 41.1 Å². The van der Waals surface area contributed by atoms with Crippen LogP contribution in [0.4, 0.5) is 10.1 Å². The van der Waals surface area contributed by atoms with Gasteiger partial charge in [-0.15, -0.1) is 0 Å². The molecule has 0 bridgehead atoms. The molecule has 0 amide bonds. The van der Waals surface area contributed by atoms with E-state index in [2.05, 4.69) is 20.7 Å². The van der Waals surface area contributed by atoms with Gasteiger partial charge in [-0.2, -0.15) is 0 Å². The van der Waals surface area contributed by atoms with Gasteiger partial charge in [0.2, 0.25) is 10.0 Å². The fraction of sp³-hybridized carbons (Fsp3) is 0.500. The Bertz CT molecular complexity index is 680. The van der Waals surface area contributed by atoms with E-state index >= 15 is 0 Å². The van der Waals surface area contributed by atoms with E-state index in [9.17, 15) is 22.9 Å². The number of nitro groups is 1. The molecule has 1 aliphatic carbocycles. The normalized spacial score (nSPS) is 22.4. The van der Waals surface area contributed by atoms with Crippen molar-refractivity contribution in [3.63, 3.8) is 0 Å². The predicted molar refractivity (Wildman–Crippen MR) is 77.9 cm³/mol. The van der Waals surface area contributed by atoms with Gasteiger partial charge in [-0.3, -0.25) is 10.1 Å². The average molecular weight is 381 g/mol. The molecule has 1 aromatic rings. The second-order valence-corrected chi connectivity index (χ2v) is 7.77. The standard InChI is InChI=1S/C12H14BrFN2O4S/c1-7-2-3-8(4-7)15-21(19,20)11-6-9(16(17)18)5-10(13)12(11)14/h5-8,15H,2-4H2,1H3. The van der Waals surface area contributed by atoms with Crippen LogP contribution in [-0.4, -0.2) is 19.4 Å². The van der Waals surface area contributed by atoms with E-state index in [1.165, 1.54) is 0 Å². The smallest absolute Gasteiger partial charge is 0.258 e. The molecule has 1 N–H and O–H groups in total. The maximum absolute atomic E-state index is 14.0. The van der Waals surface area contributed by atoms with Crippen LogP contribution in [-0.2, 0) is 10.0 Å². The number of sulfonamides is 1. The summed E-state index contributed by atoms with van der Waals surface area (Å²) in [7, 11) is -4.14. The van der Waals surface area contributed by atoms with Gasteiger partial charge in [0.25, 0.3) is 5.69 Å². The van der Waals surface area contributed by atoms with Crippen molar-refractivity contribution in [2.45, 2.75) is 37.1 Å². The van der Waals surface area contributed by atoms with Gasteiger partial charge in [0.15, 0.2) is 5.82 Å². The van der Waals surface area contributed by atoms with Crippen LogP contribution in [0.25, 0.3) is 0 Å². The molecule has 0 aromatic heterocycles. The molecule has 21 heavy (non-hydrogen) atoms. The number of nitrogens with one attached hydrogen (secondary N) is 1. The van der Waals surface area contributed by atoms with E-state index in [0.717, 1.165) is 18.6 Å². The summed E-state index contributed by atoms with van der Waals surface area (Å²) in [6.45, 7) is 2.01. The molecular formula is C12H14BrFN2O4S. The number of hydrogen-bond acceptors (Lipinski definition) is 4. The minimum absolute atomic E-state index is 0.253. The number of benzene rings is 1. The third kappa shape index (κ3) is 3.58. The summed E-state index contributed by atoms with van der Waals surface area (Å²) in [6.07, 6.45) is 2.25. The van der Waals surface area contributed by atoms with Crippen molar-refractivity contribution in [2.75, 3.05) is 0 Å². The van der Waals surface area contributed by atoms with Gasteiger partial charge < -0.3 is 0 Å². The van der Waals surface area contributed by atoms with Crippen LogP contribution in [0.5, 0.6) is 0 Å². The number of halogens is 2. The molecule has 2 rings (SSSR count). The van der Waals surface area contributed by atoms with Crippen LogP contribution in [0.2, 0.25) is 0 Å². The van der Waals surface area contributed by atoms with Crippen molar-refractivity contribution in [1.82, 2.24) is 4.72 Å². The molecule has 0 aliphatic heterocycles. The minimum atomic E-state index is -4.14. The predicted octanol–water partition coefficient (Wildman–Crippen LogP) is 2.96. The summed E-state index contributed by atoms with van der Waals surface area (Å²) in [5.41, 5.74) is -0.483. The van der Waals surface area contributed by atoms with Crippen LogP contribution in [0, 0.1) is 21.8 Å². The lowest BCUT2D eigenvalue weighted by Gasteiger charge is -2.14. The van der Waals surface area contributed by atoms with Gasteiger partial charge in [-0.1, -0.05) is 6.92 Å². The first-order valence-electron chi connectivity index (χ1n) is 6.36. The third-order valence-corrected chi connectivity index (χ3v) is 5.59. The highest BCUT2D eigenvalue weighted by Gasteiger charge is 2.30.